The van der Waals surface area contributed by atoms with Gasteiger partial charge in [-0.3, -0.25) is 4.79 Å². The molecule has 0 aromatic heterocycles. The topological polar surface area (TPSA) is 20.3 Å². The maximum atomic E-state index is 11.7. The van der Waals surface area contributed by atoms with E-state index >= 15 is 0 Å². The molecule has 1 amide bonds. The fourth-order valence-corrected chi connectivity index (χ4v) is 2.99. The predicted molar refractivity (Wildman–Crippen MR) is 67.4 cm³/mol. The Bertz CT molecular complexity index is 419. The van der Waals surface area contributed by atoms with Gasteiger partial charge in [-0.25, -0.2) is 0 Å². The van der Waals surface area contributed by atoms with Gasteiger partial charge in [0, 0.05) is 15.9 Å². The third kappa shape index (κ3) is 2.11. The Morgan fingerprint density at radius 2 is 2.40 bits per heavy atom. The number of carbonyl (C=O) groups is 1. The summed E-state index contributed by atoms with van der Waals surface area (Å²) in [4.78, 5) is 14.6. The van der Waals surface area contributed by atoms with Crippen molar-refractivity contribution >= 4 is 39.3 Å². The van der Waals surface area contributed by atoms with Crippen molar-refractivity contribution in [3.05, 3.63) is 35.3 Å². The van der Waals surface area contributed by atoms with Crippen LogP contribution in [0.3, 0.4) is 0 Å². The van der Waals surface area contributed by atoms with Gasteiger partial charge < -0.3 is 4.90 Å². The Hall–Kier alpha value is -0.740. The number of hydrogen-bond donors (Lipinski definition) is 0. The molecule has 1 aliphatic rings. The zero-order valence-corrected chi connectivity index (χ0v) is 10.5. The molecule has 0 atom stereocenters. The van der Waals surface area contributed by atoms with E-state index in [-0.39, 0.29) is 5.91 Å². The second kappa shape index (κ2) is 4.41. The third-order valence-electron chi connectivity index (χ3n) is 2.18. The summed E-state index contributed by atoms with van der Waals surface area (Å²) in [7, 11) is 0. The summed E-state index contributed by atoms with van der Waals surface area (Å²) in [6.07, 6.45) is 1.75. The average Bonchev–Trinajstić information content (AvgIpc) is 2.22. The molecule has 0 radical (unpaired) electrons. The van der Waals surface area contributed by atoms with Gasteiger partial charge in [0.2, 0.25) is 5.91 Å². The number of carbonyl (C=O) groups excluding carboxylic acids is 1. The van der Waals surface area contributed by atoms with E-state index < -0.39 is 0 Å². The van der Waals surface area contributed by atoms with Gasteiger partial charge in [-0.1, -0.05) is 22.0 Å². The van der Waals surface area contributed by atoms with Crippen LogP contribution in [0.5, 0.6) is 0 Å². The van der Waals surface area contributed by atoms with Crippen molar-refractivity contribution in [2.24, 2.45) is 0 Å². The summed E-state index contributed by atoms with van der Waals surface area (Å²) in [5.74, 6) is 0.659. The molecular formula is C11H10BrNOS. The minimum atomic E-state index is 0.148. The van der Waals surface area contributed by atoms with Crippen LogP contribution in [0.4, 0.5) is 5.69 Å². The molecule has 0 aliphatic carbocycles. The highest BCUT2D eigenvalue weighted by Crippen LogP contribution is 2.36. The number of nitrogens with zero attached hydrogens (tertiary/aromatic N) is 1. The van der Waals surface area contributed by atoms with E-state index in [1.54, 1.807) is 22.7 Å². The molecule has 0 fully saturated rings. The van der Waals surface area contributed by atoms with Gasteiger partial charge in [0.1, 0.15) is 0 Å². The first-order chi connectivity index (χ1) is 7.22. The number of amides is 1. The van der Waals surface area contributed by atoms with E-state index in [0.29, 0.717) is 12.3 Å². The number of halogens is 1. The lowest BCUT2D eigenvalue weighted by atomic mass is 10.2. The van der Waals surface area contributed by atoms with E-state index in [1.165, 1.54) is 0 Å². The molecule has 2 rings (SSSR count). The summed E-state index contributed by atoms with van der Waals surface area (Å²) in [6.45, 7) is 4.25. The minimum absolute atomic E-state index is 0.148. The Morgan fingerprint density at radius 1 is 1.60 bits per heavy atom. The highest BCUT2D eigenvalue weighted by atomic mass is 79.9. The molecule has 1 aliphatic heterocycles. The van der Waals surface area contributed by atoms with Crippen LogP contribution in [0.2, 0.25) is 0 Å². The molecule has 78 valence electrons. The van der Waals surface area contributed by atoms with Crippen LogP contribution < -0.4 is 4.90 Å². The second-order valence-corrected chi connectivity index (χ2v) is 5.13. The van der Waals surface area contributed by atoms with Crippen molar-refractivity contribution < 1.29 is 4.79 Å². The lowest BCUT2D eigenvalue weighted by Crippen LogP contribution is -2.35. The standard InChI is InChI=1S/C11H10BrNOS/c1-2-5-13-9-4-3-8(12)6-10(9)15-7-11(13)14/h2-4,6H,1,5,7H2. The van der Waals surface area contributed by atoms with Crippen LogP contribution in [-0.4, -0.2) is 18.2 Å². The normalized spacial score (nSPS) is 15.0. The molecule has 1 aromatic carbocycles. The van der Waals surface area contributed by atoms with Crippen molar-refractivity contribution in [1.82, 2.24) is 0 Å². The van der Waals surface area contributed by atoms with Gasteiger partial charge in [0.15, 0.2) is 0 Å². The first-order valence-corrected chi connectivity index (χ1v) is 6.34. The number of fused-ring (bicyclic) bond motifs is 1. The molecule has 0 spiro atoms. The quantitative estimate of drug-likeness (QED) is 0.778. The first-order valence-electron chi connectivity index (χ1n) is 4.56. The minimum Gasteiger partial charge on any atom is -0.307 e. The number of hydrogen-bond acceptors (Lipinski definition) is 2. The fourth-order valence-electron chi connectivity index (χ4n) is 1.51. The first kappa shape index (κ1) is 10.8. The predicted octanol–water partition coefficient (Wildman–Crippen LogP) is 3.07. The van der Waals surface area contributed by atoms with E-state index in [1.807, 2.05) is 18.2 Å². The van der Waals surface area contributed by atoms with Crippen LogP contribution in [0.15, 0.2) is 40.2 Å². The molecule has 0 bridgehead atoms. The molecule has 0 saturated heterocycles. The van der Waals surface area contributed by atoms with E-state index in [9.17, 15) is 4.79 Å². The van der Waals surface area contributed by atoms with E-state index in [2.05, 4.69) is 22.5 Å². The number of thioether (sulfide) groups is 1. The Labute approximate surface area is 101 Å². The molecule has 0 unspecified atom stereocenters. The Morgan fingerprint density at radius 3 is 3.13 bits per heavy atom. The van der Waals surface area contributed by atoms with Crippen LogP contribution in [-0.2, 0) is 4.79 Å². The Balaban J connectivity index is 2.43. The Kier molecular flexibility index (Phi) is 3.17. The molecule has 1 heterocycles. The summed E-state index contributed by atoms with van der Waals surface area (Å²) in [5, 5.41) is 0. The van der Waals surface area contributed by atoms with Crippen LogP contribution in [0.1, 0.15) is 0 Å². The summed E-state index contributed by atoms with van der Waals surface area (Å²) >= 11 is 5.01. The molecular weight excluding hydrogens is 274 g/mol. The largest absolute Gasteiger partial charge is 0.307 e. The van der Waals surface area contributed by atoms with Crippen molar-refractivity contribution in [3.63, 3.8) is 0 Å². The van der Waals surface area contributed by atoms with Gasteiger partial charge in [-0.2, -0.15) is 0 Å². The monoisotopic (exact) mass is 283 g/mol. The average molecular weight is 284 g/mol. The van der Waals surface area contributed by atoms with Gasteiger partial charge in [0.25, 0.3) is 0 Å². The van der Waals surface area contributed by atoms with Gasteiger partial charge in [0.05, 0.1) is 11.4 Å². The summed E-state index contributed by atoms with van der Waals surface area (Å²) in [5.41, 5.74) is 0.986. The molecule has 15 heavy (non-hydrogen) atoms. The smallest absolute Gasteiger partial charge is 0.237 e. The van der Waals surface area contributed by atoms with Crippen molar-refractivity contribution in [3.8, 4) is 0 Å². The second-order valence-electron chi connectivity index (χ2n) is 3.19. The van der Waals surface area contributed by atoms with Crippen LogP contribution >= 0.6 is 27.7 Å². The summed E-state index contributed by atoms with van der Waals surface area (Å²) in [6, 6.07) is 5.96. The number of rotatable bonds is 2. The molecule has 2 nitrogen and oxygen atoms in total. The fraction of sp³-hybridized carbons (Fsp3) is 0.182. The molecule has 4 heteroatoms. The third-order valence-corrected chi connectivity index (χ3v) is 3.70. The zero-order chi connectivity index (χ0) is 10.8. The highest BCUT2D eigenvalue weighted by Gasteiger charge is 2.23. The maximum absolute atomic E-state index is 11.7. The van der Waals surface area contributed by atoms with Crippen molar-refractivity contribution in [2.45, 2.75) is 4.90 Å². The van der Waals surface area contributed by atoms with Crippen LogP contribution in [0, 0.1) is 0 Å². The van der Waals surface area contributed by atoms with Gasteiger partial charge >= 0.3 is 0 Å². The molecule has 0 N–H and O–H groups in total. The number of benzene rings is 1. The molecule has 0 saturated carbocycles. The zero-order valence-electron chi connectivity index (χ0n) is 8.07. The number of anilines is 1. The van der Waals surface area contributed by atoms with E-state index in [0.717, 1.165) is 15.1 Å². The van der Waals surface area contributed by atoms with Crippen molar-refractivity contribution in [2.75, 3.05) is 17.2 Å². The van der Waals surface area contributed by atoms with Gasteiger partial charge in [-0.05, 0) is 18.2 Å². The lowest BCUT2D eigenvalue weighted by molar-refractivity contribution is -0.116. The highest BCUT2D eigenvalue weighted by molar-refractivity contribution is 9.10. The molecule has 1 aromatic rings. The lowest BCUT2D eigenvalue weighted by Gasteiger charge is -2.27. The SMILES string of the molecule is C=CCN1C(=O)CSc2cc(Br)ccc21. The van der Waals surface area contributed by atoms with Gasteiger partial charge in [-0.15, -0.1) is 18.3 Å². The maximum Gasteiger partial charge on any atom is 0.237 e. The van der Waals surface area contributed by atoms with E-state index in [4.69, 9.17) is 0 Å². The summed E-state index contributed by atoms with van der Waals surface area (Å²) < 4.78 is 1.04. The van der Waals surface area contributed by atoms with Crippen LogP contribution in [0.25, 0.3) is 0 Å². The van der Waals surface area contributed by atoms with Crippen molar-refractivity contribution in [1.29, 1.82) is 0 Å².